The number of likely N-dealkylation sites (N-methyl/N-ethyl adjacent to an activating group) is 1. The van der Waals surface area contributed by atoms with Crippen molar-refractivity contribution in [1.29, 1.82) is 0 Å². The zero-order valence-corrected chi connectivity index (χ0v) is 13.3. The molecule has 1 N–H and O–H groups in total. The minimum absolute atomic E-state index is 0.174. The van der Waals surface area contributed by atoms with Crippen LogP contribution < -0.4 is 0 Å². The van der Waals surface area contributed by atoms with E-state index in [9.17, 15) is 9.90 Å². The summed E-state index contributed by atoms with van der Waals surface area (Å²) in [5.41, 5.74) is 0.644. The molecular weight excluding hydrogens is 298 g/mol. The summed E-state index contributed by atoms with van der Waals surface area (Å²) >= 11 is 1.40. The van der Waals surface area contributed by atoms with Gasteiger partial charge in [0.2, 0.25) is 0 Å². The first-order chi connectivity index (χ1) is 10.6. The number of nitrogens with zero attached hydrogens (tertiary/aromatic N) is 3. The number of carbonyl (C=O) groups is 1. The van der Waals surface area contributed by atoms with E-state index in [4.69, 9.17) is 0 Å². The Kier molecular flexibility index (Phi) is 4.49. The molecule has 1 aromatic carbocycles. The molecule has 0 aliphatic carbocycles. The predicted molar refractivity (Wildman–Crippen MR) is 89.8 cm³/mol. The molecule has 1 amide bonds. The Labute approximate surface area is 134 Å². The van der Waals surface area contributed by atoms with Crippen molar-refractivity contribution in [3.05, 3.63) is 34.7 Å². The Balaban J connectivity index is 1.75. The molecule has 0 saturated carbocycles. The predicted octanol–water partition coefficient (Wildman–Crippen LogP) is 2.00. The molecule has 2 heterocycles. The number of hydrogen-bond donors (Lipinski definition) is 1. The van der Waals surface area contributed by atoms with Crippen LogP contribution in [0.3, 0.4) is 0 Å². The quantitative estimate of drug-likeness (QED) is 0.803. The number of amides is 1. The molecular formula is C16H19N3O2S. The zero-order valence-electron chi connectivity index (χ0n) is 12.5. The minimum atomic E-state index is -0.221. The lowest BCUT2D eigenvalue weighted by atomic mass is 10.2. The van der Waals surface area contributed by atoms with E-state index in [1.807, 2.05) is 6.07 Å². The van der Waals surface area contributed by atoms with Gasteiger partial charge >= 0.3 is 0 Å². The lowest BCUT2D eigenvalue weighted by Gasteiger charge is -2.20. The summed E-state index contributed by atoms with van der Waals surface area (Å²) in [7, 11) is 2.11. The second-order valence-electron chi connectivity index (χ2n) is 5.51. The molecule has 22 heavy (non-hydrogen) atoms. The second kappa shape index (κ2) is 6.54. The van der Waals surface area contributed by atoms with Crippen molar-refractivity contribution in [3.8, 4) is 5.75 Å². The standard InChI is InChI=1S/C16H19N3O2S/c1-18-7-4-8-19(10-9-18)16-17-15(21)14(22-16)11-12-5-2-3-6-13(12)20/h2-3,5-6,11,20H,4,7-10H2,1H3. The van der Waals surface area contributed by atoms with Gasteiger partial charge in [0.15, 0.2) is 5.17 Å². The van der Waals surface area contributed by atoms with E-state index in [-0.39, 0.29) is 11.7 Å². The van der Waals surface area contributed by atoms with E-state index in [2.05, 4.69) is 21.8 Å². The summed E-state index contributed by atoms with van der Waals surface area (Å²) in [5.74, 6) is -0.0471. The monoisotopic (exact) mass is 317 g/mol. The molecule has 1 fully saturated rings. The van der Waals surface area contributed by atoms with E-state index in [1.54, 1.807) is 24.3 Å². The number of aromatic hydroxyl groups is 1. The third kappa shape index (κ3) is 3.34. The molecule has 116 valence electrons. The molecule has 0 radical (unpaired) electrons. The summed E-state index contributed by atoms with van der Waals surface area (Å²) in [6.45, 7) is 3.86. The molecule has 5 nitrogen and oxygen atoms in total. The number of aliphatic imine (C=N–C) groups is 1. The molecule has 3 rings (SSSR count). The second-order valence-corrected chi connectivity index (χ2v) is 6.52. The van der Waals surface area contributed by atoms with Crippen LogP contribution in [0.25, 0.3) is 6.08 Å². The fourth-order valence-corrected chi connectivity index (χ4v) is 3.48. The maximum absolute atomic E-state index is 12.1. The van der Waals surface area contributed by atoms with Crippen LogP contribution in [-0.4, -0.2) is 59.2 Å². The van der Waals surface area contributed by atoms with Crippen LogP contribution in [0.4, 0.5) is 0 Å². The Morgan fingerprint density at radius 3 is 2.86 bits per heavy atom. The summed E-state index contributed by atoms with van der Waals surface area (Å²) in [6, 6.07) is 7.00. The van der Waals surface area contributed by atoms with Crippen molar-refractivity contribution < 1.29 is 9.90 Å². The molecule has 0 spiro atoms. The SMILES string of the molecule is CN1CCCN(C2=NC(=O)C(=Cc3ccccc3O)S2)CC1. The van der Waals surface area contributed by atoms with Gasteiger partial charge in [-0.2, -0.15) is 4.99 Å². The van der Waals surface area contributed by atoms with Crippen molar-refractivity contribution in [2.45, 2.75) is 6.42 Å². The first kappa shape index (κ1) is 15.1. The highest BCUT2D eigenvalue weighted by Crippen LogP contribution is 2.32. The molecule has 0 aromatic heterocycles. The number of hydrogen-bond acceptors (Lipinski definition) is 5. The molecule has 0 atom stereocenters. The first-order valence-electron chi connectivity index (χ1n) is 7.37. The number of amidine groups is 1. The summed E-state index contributed by atoms with van der Waals surface area (Å²) in [4.78, 5) is 21.3. The minimum Gasteiger partial charge on any atom is -0.507 e. The average Bonchev–Trinajstić information content (AvgIpc) is 2.71. The van der Waals surface area contributed by atoms with Gasteiger partial charge in [-0.05, 0) is 43.9 Å². The fourth-order valence-electron chi connectivity index (χ4n) is 2.52. The molecule has 1 aromatic rings. The molecule has 6 heteroatoms. The number of thioether (sulfide) groups is 1. The van der Waals surface area contributed by atoms with E-state index in [1.165, 1.54) is 11.8 Å². The Morgan fingerprint density at radius 2 is 2.05 bits per heavy atom. The zero-order chi connectivity index (χ0) is 15.5. The van der Waals surface area contributed by atoms with E-state index in [0.29, 0.717) is 10.5 Å². The van der Waals surface area contributed by atoms with Gasteiger partial charge in [0.05, 0.1) is 4.91 Å². The average molecular weight is 317 g/mol. The van der Waals surface area contributed by atoms with Crippen molar-refractivity contribution in [1.82, 2.24) is 9.80 Å². The highest BCUT2D eigenvalue weighted by molar-refractivity contribution is 8.18. The van der Waals surface area contributed by atoms with Crippen molar-refractivity contribution in [3.63, 3.8) is 0 Å². The molecule has 2 aliphatic heterocycles. The van der Waals surface area contributed by atoms with Gasteiger partial charge in [-0.15, -0.1) is 0 Å². The van der Waals surface area contributed by atoms with Gasteiger partial charge in [-0.25, -0.2) is 0 Å². The number of carbonyl (C=O) groups excluding carboxylic acids is 1. The van der Waals surface area contributed by atoms with Crippen LogP contribution in [0.5, 0.6) is 5.75 Å². The summed E-state index contributed by atoms with van der Waals surface area (Å²) < 4.78 is 0. The smallest absolute Gasteiger partial charge is 0.286 e. The van der Waals surface area contributed by atoms with Gasteiger partial charge in [0.25, 0.3) is 5.91 Å². The number of phenols is 1. The third-order valence-corrected chi connectivity index (χ3v) is 4.87. The number of benzene rings is 1. The molecule has 1 saturated heterocycles. The van der Waals surface area contributed by atoms with E-state index >= 15 is 0 Å². The number of rotatable bonds is 1. The Morgan fingerprint density at radius 1 is 1.23 bits per heavy atom. The fraction of sp³-hybridized carbons (Fsp3) is 0.375. The van der Waals surface area contributed by atoms with Crippen LogP contribution in [0.15, 0.2) is 34.2 Å². The summed E-state index contributed by atoms with van der Waals surface area (Å²) in [5, 5.41) is 10.6. The van der Waals surface area contributed by atoms with Crippen molar-refractivity contribution in [2.75, 3.05) is 33.2 Å². The van der Waals surface area contributed by atoms with Gasteiger partial charge in [0, 0.05) is 25.2 Å². The van der Waals surface area contributed by atoms with Crippen LogP contribution >= 0.6 is 11.8 Å². The highest BCUT2D eigenvalue weighted by atomic mass is 32.2. The Hall–Kier alpha value is -1.79. The molecule has 0 bridgehead atoms. The van der Waals surface area contributed by atoms with Gasteiger partial charge in [-0.3, -0.25) is 4.79 Å². The van der Waals surface area contributed by atoms with Crippen molar-refractivity contribution in [2.24, 2.45) is 4.99 Å². The van der Waals surface area contributed by atoms with Crippen LogP contribution in [0.1, 0.15) is 12.0 Å². The number of para-hydroxylation sites is 1. The van der Waals surface area contributed by atoms with Gasteiger partial charge in [0.1, 0.15) is 5.75 Å². The Bertz CT molecular complexity index is 642. The molecule has 0 unspecified atom stereocenters. The highest BCUT2D eigenvalue weighted by Gasteiger charge is 2.27. The van der Waals surface area contributed by atoms with Crippen LogP contribution in [-0.2, 0) is 4.79 Å². The number of phenolic OH excluding ortho intramolecular Hbond substituents is 1. The van der Waals surface area contributed by atoms with E-state index in [0.717, 1.165) is 37.8 Å². The van der Waals surface area contributed by atoms with E-state index < -0.39 is 0 Å². The normalized spacial score (nSPS) is 22.0. The summed E-state index contributed by atoms with van der Waals surface area (Å²) in [6.07, 6.45) is 2.78. The lowest BCUT2D eigenvalue weighted by molar-refractivity contribution is -0.113. The lowest BCUT2D eigenvalue weighted by Crippen LogP contribution is -2.32. The third-order valence-electron chi connectivity index (χ3n) is 3.82. The first-order valence-corrected chi connectivity index (χ1v) is 8.19. The van der Waals surface area contributed by atoms with Gasteiger partial charge < -0.3 is 14.9 Å². The maximum Gasteiger partial charge on any atom is 0.286 e. The topological polar surface area (TPSA) is 56.1 Å². The maximum atomic E-state index is 12.1. The van der Waals surface area contributed by atoms with Crippen LogP contribution in [0, 0.1) is 0 Å². The largest absolute Gasteiger partial charge is 0.507 e. The van der Waals surface area contributed by atoms with Gasteiger partial charge in [-0.1, -0.05) is 18.2 Å². The van der Waals surface area contributed by atoms with Crippen molar-refractivity contribution >= 4 is 28.9 Å². The van der Waals surface area contributed by atoms with Crippen LogP contribution in [0.2, 0.25) is 0 Å². The molecule has 2 aliphatic rings.